The van der Waals surface area contributed by atoms with E-state index in [1.807, 2.05) is 0 Å². The maximum Gasteiger partial charge on any atom is 0.233 e. The summed E-state index contributed by atoms with van der Waals surface area (Å²) in [7, 11) is -1.68. The minimum Gasteiger partial charge on any atom is -0.319 e. The third-order valence-electron chi connectivity index (χ3n) is 2.05. The summed E-state index contributed by atoms with van der Waals surface area (Å²) in [5.41, 5.74) is 0.795. The molecule has 0 fully saturated rings. The molecule has 0 spiro atoms. The highest BCUT2D eigenvalue weighted by Gasteiger charge is 2.10. The Kier molecular flexibility index (Phi) is 4.26. The Morgan fingerprint density at radius 3 is 2.62 bits per heavy atom. The van der Waals surface area contributed by atoms with Gasteiger partial charge in [-0.05, 0) is 37.7 Å². The zero-order chi connectivity index (χ0) is 12.2. The van der Waals surface area contributed by atoms with E-state index in [2.05, 4.69) is 10.0 Å². The first-order valence-electron chi connectivity index (χ1n) is 4.86. The summed E-state index contributed by atoms with van der Waals surface area (Å²) < 4.78 is 38.4. The summed E-state index contributed by atoms with van der Waals surface area (Å²) in [4.78, 5) is 0. The number of aryl methyl sites for hydroxylation is 1. The van der Waals surface area contributed by atoms with Crippen molar-refractivity contribution in [1.82, 2.24) is 5.32 Å². The molecule has 6 heteroatoms. The second-order valence-corrected chi connectivity index (χ2v) is 5.33. The lowest BCUT2D eigenvalue weighted by Gasteiger charge is -2.08. The van der Waals surface area contributed by atoms with Crippen LogP contribution in [0.4, 0.5) is 10.1 Å². The van der Waals surface area contributed by atoms with Gasteiger partial charge in [0.15, 0.2) is 0 Å². The quantitative estimate of drug-likeness (QED) is 0.818. The van der Waals surface area contributed by atoms with Crippen molar-refractivity contribution in [3.05, 3.63) is 29.6 Å². The summed E-state index contributed by atoms with van der Waals surface area (Å²) in [6.07, 6.45) is 0. The van der Waals surface area contributed by atoms with E-state index >= 15 is 0 Å². The number of nitrogens with one attached hydrogen (secondary N) is 2. The highest BCUT2D eigenvalue weighted by atomic mass is 32.2. The maximum atomic E-state index is 12.9. The Labute approximate surface area is 94.9 Å². The Hall–Kier alpha value is -1.14. The third-order valence-corrected chi connectivity index (χ3v) is 3.34. The highest BCUT2D eigenvalue weighted by molar-refractivity contribution is 7.92. The van der Waals surface area contributed by atoms with Crippen LogP contribution in [0.1, 0.15) is 5.56 Å². The summed E-state index contributed by atoms with van der Waals surface area (Å²) in [6, 6.07) is 4.11. The van der Waals surface area contributed by atoms with Gasteiger partial charge in [0.05, 0.1) is 5.75 Å². The molecule has 0 bridgehead atoms. The second-order valence-electron chi connectivity index (χ2n) is 3.49. The van der Waals surface area contributed by atoms with Gasteiger partial charge in [-0.3, -0.25) is 4.72 Å². The topological polar surface area (TPSA) is 58.2 Å². The van der Waals surface area contributed by atoms with Gasteiger partial charge in [0.1, 0.15) is 5.82 Å². The zero-order valence-electron chi connectivity index (χ0n) is 9.25. The Balaban J connectivity index is 2.76. The summed E-state index contributed by atoms with van der Waals surface area (Å²) in [6.45, 7) is 1.95. The molecular formula is C10H15FN2O2S. The molecule has 0 unspecified atom stereocenters. The molecule has 4 nitrogen and oxygen atoms in total. The van der Waals surface area contributed by atoms with E-state index in [0.29, 0.717) is 17.8 Å². The van der Waals surface area contributed by atoms with Gasteiger partial charge in [-0.25, -0.2) is 12.8 Å². The van der Waals surface area contributed by atoms with Gasteiger partial charge < -0.3 is 5.32 Å². The summed E-state index contributed by atoms with van der Waals surface area (Å²) in [5.74, 6) is -0.363. The van der Waals surface area contributed by atoms with E-state index in [9.17, 15) is 12.8 Å². The number of anilines is 1. The van der Waals surface area contributed by atoms with E-state index in [1.54, 1.807) is 14.0 Å². The standard InChI is InChI=1S/C10H15FN2O2S/c1-8-7-9(3-4-10(8)11)13-16(14,15)6-5-12-2/h3-4,7,12-13H,5-6H2,1-2H3. The van der Waals surface area contributed by atoms with Crippen LogP contribution < -0.4 is 10.0 Å². The molecule has 0 aliphatic heterocycles. The van der Waals surface area contributed by atoms with E-state index in [0.717, 1.165) is 0 Å². The van der Waals surface area contributed by atoms with Crippen molar-refractivity contribution in [3.63, 3.8) is 0 Å². The predicted molar refractivity (Wildman–Crippen MR) is 62.5 cm³/mol. The lowest BCUT2D eigenvalue weighted by molar-refractivity contribution is 0.598. The van der Waals surface area contributed by atoms with Crippen LogP contribution >= 0.6 is 0 Å². The number of sulfonamides is 1. The molecule has 1 aromatic carbocycles. The molecule has 0 aliphatic carbocycles. The number of hydrogen-bond donors (Lipinski definition) is 2. The Bertz CT molecular complexity index is 460. The van der Waals surface area contributed by atoms with E-state index in [-0.39, 0.29) is 11.6 Å². The number of benzene rings is 1. The maximum absolute atomic E-state index is 12.9. The Morgan fingerprint density at radius 2 is 2.06 bits per heavy atom. The summed E-state index contributed by atoms with van der Waals surface area (Å²) >= 11 is 0. The van der Waals surface area contributed by atoms with Crippen molar-refractivity contribution in [2.45, 2.75) is 6.92 Å². The van der Waals surface area contributed by atoms with Crippen molar-refractivity contribution in [2.75, 3.05) is 24.1 Å². The predicted octanol–water partition coefficient (Wildman–Crippen LogP) is 1.10. The van der Waals surface area contributed by atoms with Crippen LogP contribution in [0.3, 0.4) is 0 Å². The number of halogens is 1. The molecule has 0 heterocycles. The number of rotatable bonds is 5. The van der Waals surface area contributed by atoms with Crippen LogP contribution in [-0.4, -0.2) is 27.8 Å². The van der Waals surface area contributed by atoms with Gasteiger partial charge in [0, 0.05) is 12.2 Å². The third kappa shape index (κ3) is 3.79. The van der Waals surface area contributed by atoms with Gasteiger partial charge in [-0.15, -0.1) is 0 Å². The van der Waals surface area contributed by atoms with Crippen LogP contribution in [0.2, 0.25) is 0 Å². The molecular weight excluding hydrogens is 231 g/mol. The molecule has 90 valence electrons. The average Bonchev–Trinajstić information content (AvgIpc) is 2.20. The van der Waals surface area contributed by atoms with Crippen molar-refractivity contribution in [2.24, 2.45) is 0 Å². The van der Waals surface area contributed by atoms with E-state index in [1.165, 1.54) is 18.2 Å². The van der Waals surface area contributed by atoms with Crippen molar-refractivity contribution in [3.8, 4) is 0 Å². The fourth-order valence-electron chi connectivity index (χ4n) is 1.18. The van der Waals surface area contributed by atoms with Gasteiger partial charge in [-0.2, -0.15) is 0 Å². The minimum atomic E-state index is -3.36. The second kappa shape index (κ2) is 5.27. The van der Waals surface area contributed by atoms with Crippen LogP contribution in [0.25, 0.3) is 0 Å². The largest absolute Gasteiger partial charge is 0.319 e. The zero-order valence-corrected chi connectivity index (χ0v) is 10.1. The first-order valence-corrected chi connectivity index (χ1v) is 6.51. The molecule has 0 saturated carbocycles. The molecule has 1 aromatic rings. The van der Waals surface area contributed by atoms with Crippen molar-refractivity contribution < 1.29 is 12.8 Å². The van der Waals surface area contributed by atoms with Crippen LogP contribution in [0, 0.1) is 12.7 Å². The minimum absolute atomic E-state index is 0.0140. The molecule has 0 aromatic heterocycles. The van der Waals surface area contributed by atoms with Gasteiger partial charge in [0.2, 0.25) is 10.0 Å². The normalized spacial score (nSPS) is 11.4. The fraction of sp³-hybridized carbons (Fsp3) is 0.400. The summed E-state index contributed by atoms with van der Waals surface area (Å²) in [5, 5.41) is 2.75. The van der Waals surface area contributed by atoms with Gasteiger partial charge >= 0.3 is 0 Å². The molecule has 0 atom stereocenters. The molecule has 0 amide bonds. The SMILES string of the molecule is CNCCS(=O)(=O)Nc1ccc(F)c(C)c1. The number of hydrogen-bond acceptors (Lipinski definition) is 3. The highest BCUT2D eigenvalue weighted by Crippen LogP contribution is 2.14. The first kappa shape index (κ1) is 12.9. The lowest BCUT2D eigenvalue weighted by Crippen LogP contribution is -2.24. The van der Waals surface area contributed by atoms with Crippen LogP contribution in [0.15, 0.2) is 18.2 Å². The molecule has 1 rings (SSSR count). The Morgan fingerprint density at radius 1 is 1.38 bits per heavy atom. The van der Waals surface area contributed by atoms with E-state index in [4.69, 9.17) is 0 Å². The monoisotopic (exact) mass is 246 g/mol. The van der Waals surface area contributed by atoms with Gasteiger partial charge in [0.25, 0.3) is 0 Å². The van der Waals surface area contributed by atoms with Crippen molar-refractivity contribution in [1.29, 1.82) is 0 Å². The molecule has 0 aliphatic rings. The fourth-order valence-corrected chi connectivity index (χ4v) is 2.24. The average molecular weight is 246 g/mol. The first-order chi connectivity index (χ1) is 7.44. The van der Waals surface area contributed by atoms with Crippen molar-refractivity contribution >= 4 is 15.7 Å². The molecule has 2 N–H and O–H groups in total. The van der Waals surface area contributed by atoms with Gasteiger partial charge in [-0.1, -0.05) is 0 Å². The van der Waals surface area contributed by atoms with Crippen LogP contribution in [-0.2, 0) is 10.0 Å². The molecule has 0 radical (unpaired) electrons. The van der Waals surface area contributed by atoms with Crippen LogP contribution in [0.5, 0.6) is 0 Å². The van der Waals surface area contributed by atoms with E-state index < -0.39 is 10.0 Å². The smallest absolute Gasteiger partial charge is 0.233 e. The lowest BCUT2D eigenvalue weighted by atomic mass is 10.2. The molecule has 16 heavy (non-hydrogen) atoms. The molecule has 0 saturated heterocycles.